The van der Waals surface area contributed by atoms with Crippen LogP contribution in [0, 0.1) is 0 Å². The molecule has 0 amide bonds. The molecule has 5 heteroatoms. The highest BCUT2D eigenvalue weighted by Gasteiger charge is 2.16. The zero-order valence-electron chi connectivity index (χ0n) is 13.9. The number of H-pyrrole nitrogens is 1. The SMILES string of the molecule is N[C@H](CCc1ncc(-c2ccccc2)[nH]1)C(=O)OCc1ccccc1. The van der Waals surface area contributed by atoms with Gasteiger partial charge >= 0.3 is 5.97 Å². The van der Waals surface area contributed by atoms with E-state index in [1.807, 2.05) is 60.7 Å². The normalized spacial score (nSPS) is 11.9. The molecule has 3 aromatic rings. The zero-order valence-corrected chi connectivity index (χ0v) is 13.9. The molecule has 0 fully saturated rings. The topological polar surface area (TPSA) is 81.0 Å². The van der Waals surface area contributed by atoms with Crippen molar-refractivity contribution in [2.45, 2.75) is 25.5 Å². The number of hydrogen-bond acceptors (Lipinski definition) is 4. The minimum absolute atomic E-state index is 0.242. The van der Waals surface area contributed by atoms with Gasteiger partial charge in [-0.15, -0.1) is 0 Å². The van der Waals surface area contributed by atoms with Crippen LogP contribution in [0.15, 0.2) is 66.9 Å². The zero-order chi connectivity index (χ0) is 17.5. The molecule has 0 saturated heterocycles. The second kappa shape index (κ2) is 8.26. The van der Waals surface area contributed by atoms with Crippen LogP contribution in [0.3, 0.4) is 0 Å². The van der Waals surface area contributed by atoms with Gasteiger partial charge < -0.3 is 15.5 Å². The van der Waals surface area contributed by atoms with Gasteiger partial charge in [0.25, 0.3) is 0 Å². The summed E-state index contributed by atoms with van der Waals surface area (Å²) in [5.74, 6) is 0.420. The molecule has 0 aliphatic rings. The summed E-state index contributed by atoms with van der Waals surface area (Å²) in [4.78, 5) is 19.6. The molecule has 1 aromatic heterocycles. The first kappa shape index (κ1) is 16.9. The lowest BCUT2D eigenvalue weighted by atomic mass is 10.1. The first-order chi connectivity index (χ1) is 12.2. The number of hydrogen-bond donors (Lipinski definition) is 2. The Hall–Kier alpha value is -2.92. The van der Waals surface area contributed by atoms with E-state index in [-0.39, 0.29) is 6.61 Å². The predicted molar refractivity (Wildman–Crippen MR) is 96.6 cm³/mol. The Balaban J connectivity index is 1.48. The molecule has 0 spiro atoms. The number of rotatable bonds is 7. The van der Waals surface area contributed by atoms with Crippen molar-refractivity contribution in [1.29, 1.82) is 0 Å². The van der Waals surface area contributed by atoms with E-state index in [0.717, 1.165) is 22.6 Å². The van der Waals surface area contributed by atoms with Gasteiger partial charge in [0.15, 0.2) is 0 Å². The summed E-state index contributed by atoms with van der Waals surface area (Å²) < 4.78 is 5.26. The molecular formula is C20H21N3O2. The molecule has 25 heavy (non-hydrogen) atoms. The van der Waals surface area contributed by atoms with Gasteiger partial charge in [0.1, 0.15) is 18.5 Å². The average Bonchev–Trinajstić information content (AvgIpc) is 3.15. The van der Waals surface area contributed by atoms with Gasteiger partial charge in [-0.25, -0.2) is 4.98 Å². The number of nitrogens with zero attached hydrogens (tertiary/aromatic N) is 1. The first-order valence-corrected chi connectivity index (χ1v) is 8.28. The van der Waals surface area contributed by atoms with Gasteiger partial charge in [-0.3, -0.25) is 4.79 Å². The third kappa shape index (κ3) is 4.78. The fourth-order valence-electron chi connectivity index (χ4n) is 2.50. The van der Waals surface area contributed by atoms with Gasteiger partial charge in [-0.2, -0.15) is 0 Å². The van der Waals surface area contributed by atoms with Crippen molar-refractivity contribution in [2.24, 2.45) is 5.73 Å². The van der Waals surface area contributed by atoms with E-state index in [0.29, 0.717) is 12.8 Å². The number of imidazole rings is 1. The lowest BCUT2D eigenvalue weighted by Gasteiger charge is -2.10. The molecule has 0 aliphatic carbocycles. The quantitative estimate of drug-likeness (QED) is 0.650. The largest absolute Gasteiger partial charge is 0.460 e. The second-order valence-electron chi connectivity index (χ2n) is 5.85. The van der Waals surface area contributed by atoms with Crippen molar-refractivity contribution in [3.05, 3.63) is 78.2 Å². The van der Waals surface area contributed by atoms with E-state index in [4.69, 9.17) is 10.5 Å². The maximum absolute atomic E-state index is 12.0. The lowest BCUT2D eigenvalue weighted by molar-refractivity contribution is -0.146. The summed E-state index contributed by atoms with van der Waals surface area (Å²) in [6, 6.07) is 18.9. The maximum Gasteiger partial charge on any atom is 0.323 e. The Morgan fingerprint density at radius 1 is 1.08 bits per heavy atom. The van der Waals surface area contributed by atoms with Crippen molar-refractivity contribution >= 4 is 5.97 Å². The average molecular weight is 335 g/mol. The summed E-state index contributed by atoms with van der Waals surface area (Å²) in [5, 5.41) is 0. The molecule has 0 bridgehead atoms. The number of nitrogens with two attached hydrogens (primary N) is 1. The molecule has 0 saturated carbocycles. The van der Waals surface area contributed by atoms with E-state index < -0.39 is 12.0 Å². The van der Waals surface area contributed by atoms with Crippen LogP contribution in [-0.2, 0) is 22.6 Å². The number of esters is 1. The summed E-state index contributed by atoms with van der Waals surface area (Å²) in [7, 11) is 0. The van der Waals surface area contributed by atoms with Crippen molar-refractivity contribution < 1.29 is 9.53 Å². The molecule has 0 unspecified atom stereocenters. The summed E-state index contributed by atoms with van der Waals surface area (Å²) in [6.45, 7) is 0.242. The molecule has 2 aromatic carbocycles. The van der Waals surface area contributed by atoms with Crippen molar-refractivity contribution in [2.75, 3.05) is 0 Å². The minimum Gasteiger partial charge on any atom is -0.460 e. The van der Waals surface area contributed by atoms with Crippen LogP contribution in [0.25, 0.3) is 11.3 Å². The number of carbonyl (C=O) groups excluding carboxylic acids is 1. The standard InChI is InChI=1S/C20H21N3O2/c21-17(20(24)25-14-15-7-3-1-4-8-15)11-12-19-22-13-18(23-19)16-9-5-2-6-10-16/h1-10,13,17H,11-12,14,21H2,(H,22,23)/t17-/m1/s1. The Labute approximate surface area is 146 Å². The Kier molecular flexibility index (Phi) is 5.59. The second-order valence-corrected chi connectivity index (χ2v) is 5.85. The Morgan fingerprint density at radius 2 is 1.76 bits per heavy atom. The Bertz CT molecular complexity index is 800. The molecule has 5 nitrogen and oxygen atoms in total. The van der Waals surface area contributed by atoms with E-state index in [1.54, 1.807) is 6.20 Å². The van der Waals surface area contributed by atoms with Crippen molar-refractivity contribution in [1.82, 2.24) is 9.97 Å². The maximum atomic E-state index is 12.0. The number of aromatic amines is 1. The predicted octanol–water partition coefficient (Wildman–Crippen LogP) is 3.08. The number of aryl methyl sites for hydroxylation is 1. The van der Waals surface area contributed by atoms with Crippen LogP contribution >= 0.6 is 0 Å². The van der Waals surface area contributed by atoms with E-state index in [2.05, 4.69) is 9.97 Å². The number of benzene rings is 2. The third-order valence-electron chi connectivity index (χ3n) is 3.93. The highest BCUT2D eigenvalue weighted by molar-refractivity contribution is 5.75. The molecular weight excluding hydrogens is 314 g/mol. The van der Waals surface area contributed by atoms with Gasteiger partial charge in [0, 0.05) is 6.42 Å². The van der Waals surface area contributed by atoms with Gasteiger partial charge in [0.05, 0.1) is 11.9 Å². The summed E-state index contributed by atoms with van der Waals surface area (Å²) in [6.07, 6.45) is 2.87. The van der Waals surface area contributed by atoms with E-state index in [1.165, 1.54) is 0 Å². The summed E-state index contributed by atoms with van der Waals surface area (Å²) >= 11 is 0. The molecule has 1 atom stereocenters. The molecule has 128 valence electrons. The fourth-order valence-corrected chi connectivity index (χ4v) is 2.50. The highest BCUT2D eigenvalue weighted by Crippen LogP contribution is 2.16. The van der Waals surface area contributed by atoms with E-state index >= 15 is 0 Å². The third-order valence-corrected chi connectivity index (χ3v) is 3.93. The van der Waals surface area contributed by atoms with Gasteiger partial charge in [0.2, 0.25) is 0 Å². The number of aromatic nitrogens is 2. The van der Waals surface area contributed by atoms with Crippen LogP contribution in [0.5, 0.6) is 0 Å². The van der Waals surface area contributed by atoms with Crippen molar-refractivity contribution in [3.63, 3.8) is 0 Å². The lowest BCUT2D eigenvalue weighted by Crippen LogP contribution is -2.32. The monoisotopic (exact) mass is 335 g/mol. The molecule has 3 rings (SSSR count). The molecule has 3 N–H and O–H groups in total. The molecule has 0 aliphatic heterocycles. The number of carbonyl (C=O) groups is 1. The van der Waals surface area contributed by atoms with Crippen LogP contribution in [0.2, 0.25) is 0 Å². The van der Waals surface area contributed by atoms with Gasteiger partial charge in [-0.05, 0) is 17.5 Å². The number of ether oxygens (including phenoxy) is 1. The van der Waals surface area contributed by atoms with Crippen LogP contribution < -0.4 is 5.73 Å². The molecule has 0 radical (unpaired) electrons. The van der Waals surface area contributed by atoms with Crippen LogP contribution in [0.1, 0.15) is 17.8 Å². The van der Waals surface area contributed by atoms with Crippen LogP contribution in [-0.4, -0.2) is 22.0 Å². The first-order valence-electron chi connectivity index (χ1n) is 8.28. The van der Waals surface area contributed by atoms with E-state index in [9.17, 15) is 4.79 Å². The highest BCUT2D eigenvalue weighted by atomic mass is 16.5. The molecule has 1 heterocycles. The minimum atomic E-state index is -0.658. The van der Waals surface area contributed by atoms with Gasteiger partial charge in [-0.1, -0.05) is 60.7 Å². The fraction of sp³-hybridized carbons (Fsp3) is 0.200. The summed E-state index contributed by atoms with van der Waals surface area (Å²) in [5.41, 5.74) is 8.91. The number of nitrogens with one attached hydrogen (secondary N) is 1. The van der Waals surface area contributed by atoms with Crippen molar-refractivity contribution in [3.8, 4) is 11.3 Å². The smallest absolute Gasteiger partial charge is 0.323 e. The van der Waals surface area contributed by atoms with Crippen LogP contribution in [0.4, 0.5) is 0 Å². The Morgan fingerprint density at radius 3 is 2.48 bits per heavy atom.